The highest BCUT2D eigenvalue weighted by Crippen LogP contribution is 2.45. The zero-order chi connectivity index (χ0) is 32.2. The fourth-order valence-corrected chi connectivity index (χ4v) is 6.77. The zero-order valence-corrected chi connectivity index (χ0v) is 26.9. The van der Waals surface area contributed by atoms with E-state index in [0.717, 1.165) is 36.4 Å². The summed E-state index contributed by atoms with van der Waals surface area (Å²) in [4.78, 5) is 30.3. The number of aromatic hydroxyl groups is 1. The Balaban J connectivity index is 1.18. The average Bonchev–Trinajstić information content (AvgIpc) is 3.45. The van der Waals surface area contributed by atoms with E-state index < -0.39 is 5.91 Å². The van der Waals surface area contributed by atoms with Crippen LogP contribution in [0.1, 0.15) is 62.9 Å². The van der Waals surface area contributed by atoms with Crippen molar-refractivity contribution in [1.82, 2.24) is 14.7 Å². The lowest BCUT2D eigenvalue weighted by atomic mass is 9.63. The molecule has 10 nitrogen and oxygen atoms in total. The zero-order valence-electron chi connectivity index (χ0n) is 26.1. The molecular formula is C34H38N6O4S. The Morgan fingerprint density at radius 2 is 1.73 bits per heavy atom. The minimum atomic E-state index is -0.489. The molecule has 3 N–H and O–H groups in total. The molecular weight excluding hydrogens is 588 g/mol. The number of ether oxygens (including phenoxy) is 1. The van der Waals surface area contributed by atoms with Crippen molar-refractivity contribution in [3.05, 3.63) is 77.9 Å². The molecule has 234 valence electrons. The van der Waals surface area contributed by atoms with Gasteiger partial charge in [0.2, 0.25) is 5.13 Å². The molecule has 11 heteroatoms. The fourth-order valence-electron chi connectivity index (χ4n) is 6.25. The van der Waals surface area contributed by atoms with Gasteiger partial charge in [-0.25, -0.2) is 0 Å². The molecule has 1 heterocycles. The van der Waals surface area contributed by atoms with E-state index in [1.54, 1.807) is 37.3 Å². The number of nitrogens with zero attached hydrogens (tertiary/aromatic N) is 4. The van der Waals surface area contributed by atoms with Gasteiger partial charge in [-0.05, 0) is 72.9 Å². The van der Waals surface area contributed by atoms with Gasteiger partial charge in [0.15, 0.2) is 12.4 Å². The van der Waals surface area contributed by atoms with E-state index in [1.165, 1.54) is 6.07 Å². The number of phenolic OH excluding ortho intramolecular Hbond substituents is 1. The van der Waals surface area contributed by atoms with Crippen molar-refractivity contribution in [3.63, 3.8) is 0 Å². The lowest BCUT2D eigenvalue weighted by Gasteiger charge is -2.45. The number of azo groups is 1. The average molecular weight is 627 g/mol. The summed E-state index contributed by atoms with van der Waals surface area (Å²) in [5.41, 5.74) is 2.75. The van der Waals surface area contributed by atoms with Gasteiger partial charge in [-0.2, -0.15) is 9.36 Å². The van der Waals surface area contributed by atoms with Crippen molar-refractivity contribution in [2.45, 2.75) is 59.9 Å². The monoisotopic (exact) mass is 626 g/mol. The number of carbonyl (C=O) groups is 2. The van der Waals surface area contributed by atoms with Crippen LogP contribution in [-0.2, 0) is 4.79 Å². The second-order valence-corrected chi connectivity index (χ2v) is 13.8. The van der Waals surface area contributed by atoms with Gasteiger partial charge in [-0.15, -0.1) is 10.2 Å². The Labute approximate surface area is 267 Å². The molecule has 1 aliphatic rings. The molecule has 3 aromatic carbocycles. The largest absolute Gasteiger partial charge is 0.505 e. The Bertz CT molecular complexity index is 1700. The lowest BCUT2D eigenvalue weighted by Crippen LogP contribution is -2.46. The van der Waals surface area contributed by atoms with Crippen molar-refractivity contribution >= 4 is 39.9 Å². The quantitative estimate of drug-likeness (QED) is 0.127. The lowest BCUT2D eigenvalue weighted by molar-refractivity contribution is -0.118. The molecule has 1 fully saturated rings. The number of nitrogens with one attached hydrogen (secondary N) is 2. The normalized spacial score (nSPS) is 15.9. The highest BCUT2D eigenvalue weighted by atomic mass is 32.1. The predicted octanol–water partition coefficient (Wildman–Crippen LogP) is 7.99. The molecule has 45 heavy (non-hydrogen) atoms. The SMILES string of the molecule is Cc1cc(N=Nc2nc(-c3ccccc3)ns2)cc(NC(=O)COc2cccc(C(=O)NC3CC(C)(C)CC(C)(C)C3)c2)c1O. The molecule has 5 rings (SSSR count). The Hall–Kier alpha value is -4.64. The van der Waals surface area contributed by atoms with E-state index in [2.05, 4.69) is 57.9 Å². The molecule has 0 unspecified atom stereocenters. The Morgan fingerprint density at radius 1 is 1.00 bits per heavy atom. The number of amides is 2. The number of hydrogen-bond donors (Lipinski definition) is 3. The van der Waals surface area contributed by atoms with E-state index in [1.807, 2.05) is 30.3 Å². The third kappa shape index (κ3) is 8.51. The minimum Gasteiger partial charge on any atom is -0.505 e. The summed E-state index contributed by atoms with van der Waals surface area (Å²) >= 11 is 1.12. The third-order valence-electron chi connectivity index (χ3n) is 7.61. The summed E-state index contributed by atoms with van der Waals surface area (Å²) in [5.74, 6) is 0.207. The molecule has 0 saturated heterocycles. The molecule has 1 aromatic heterocycles. The first-order chi connectivity index (χ1) is 21.4. The molecule has 4 aromatic rings. The van der Waals surface area contributed by atoms with E-state index in [4.69, 9.17) is 4.74 Å². The van der Waals surface area contributed by atoms with Crippen LogP contribution in [0.3, 0.4) is 0 Å². The molecule has 0 aliphatic heterocycles. The van der Waals surface area contributed by atoms with E-state index in [0.29, 0.717) is 33.5 Å². The molecule has 0 bridgehead atoms. The van der Waals surface area contributed by atoms with E-state index >= 15 is 0 Å². The topological polar surface area (TPSA) is 138 Å². The number of rotatable bonds is 9. The van der Waals surface area contributed by atoms with Crippen molar-refractivity contribution < 1.29 is 19.4 Å². The molecule has 2 amide bonds. The maximum atomic E-state index is 13.1. The van der Waals surface area contributed by atoms with Crippen LogP contribution in [0.15, 0.2) is 77.0 Å². The highest BCUT2D eigenvalue weighted by Gasteiger charge is 2.39. The van der Waals surface area contributed by atoms with Crippen LogP contribution in [0.25, 0.3) is 11.4 Å². The highest BCUT2D eigenvalue weighted by molar-refractivity contribution is 7.09. The summed E-state index contributed by atoms with van der Waals surface area (Å²) in [6, 6.07) is 19.6. The van der Waals surface area contributed by atoms with E-state index in [9.17, 15) is 14.7 Å². The first-order valence-corrected chi connectivity index (χ1v) is 15.6. The smallest absolute Gasteiger partial charge is 0.262 e. The van der Waals surface area contributed by atoms with Crippen molar-refractivity contribution in [3.8, 4) is 22.9 Å². The van der Waals surface area contributed by atoms with Crippen molar-refractivity contribution in [2.24, 2.45) is 21.1 Å². The van der Waals surface area contributed by atoms with Gasteiger partial charge in [0.25, 0.3) is 11.8 Å². The van der Waals surface area contributed by atoms with Crippen LogP contribution >= 0.6 is 11.5 Å². The number of hydrogen-bond acceptors (Lipinski definition) is 9. The Morgan fingerprint density at radius 3 is 2.47 bits per heavy atom. The maximum absolute atomic E-state index is 13.1. The molecule has 0 radical (unpaired) electrons. The van der Waals surface area contributed by atoms with Crippen LogP contribution in [0.2, 0.25) is 0 Å². The van der Waals surface area contributed by atoms with Crippen molar-refractivity contribution in [1.29, 1.82) is 0 Å². The van der Waals surface area contributed by atoms with Crippen LogP contribution in [-0.4, -0.2) is 38.9 Å². The van der Waals surface area contributed by atoms with E-state index in [-0.39, 0.29) is 40.8 Å². The second kappa shape index (κ2) is 13.2. The van der Waals surface area contributed by atoms with Crippen LogP contribution in [0.5, 0.6) is 11.5 Å². The molecule has 1 aliphatic carbocycles. The summed E-state index contributed by atoms with van der Waals surface area (Å²) < 4.78 is 10.0. The number of aryl methyl sites for hydroxylation is 1. The summed E-state index contributed by atoms with van der Waals surface area (Å²) in [5, 5.41) is 25.2. The first kappa shape index (κ1) is 31.8. The third-order valence-corrected chi connectivity index (χ3v) is 8.21. The van der Waals surface area contributed by atoms with Gasteiger partial charge in [0.1, 0.15) is 11.5 Å². The number of benzene rings is 3. The first-order valence-electron chi connectivity index (χ1n) is 14.8. The summed E-state index contributed by atoms with van der Waals surface area (Å²) in [7, 11) is 0. The second-order valence-electron chi connectivity index (χ2n) is 13.1. The predicted molar refractivity (Wildman–Crippen MR) is 176 cm³/mol. The van der Waals surface area contributed by atoms with Crippen molar-refractivity contribution in [2.75, 3.05) is 11.9 Å². The standard InChI is InChI=1S/C34H38N6O4S/c1-21-14-24(38-39-32-37-30(40-45-32)22-10-7-6-8-11-22)16-27(29(21)42)36-28(41)19-44-26-13-9-12-23(15-26)31(43)35-25-17-33(2,3)20-34(4,5)18-25/h6-16,25,42H,17-20H2,1-5H3,(H,35,43)(H,36,41). The number of carbonyl (C=O) groups excluding carboxylic acids is 2. The fraction of sp³-hybridized carbons (Fsp3) is 0.353. The number of aromatic nitrogens is 2. The van der Waals surface area contributed by atoms with Gasteiger partial charge in [0.05, 0.1) is 11.4 Å². The maximum Gasteiger partial charge on any atom is 0.262 e. The van der Waals surface area contributed by atoms with Gasteiger partial charge in [-0.3, -0.25) is 9.59 Å². The summed E-state index contributed by atoms with van der Waals surface area (Å²) in [6.45, 7) is 10.4. The Kier molecular flexibility index (Phi) is 9.29. The van der Waals surface area contributed by atoms with Crippen LogP contribution in [0.4, 0.5) is 16.5 Å². The van der Waals surface area contributed by atoms with Gasteiger partial charge in [-0.1, -0.05) is 64.1 Å². The van der Waals surface area contributed by atoms with Gasteiger partial charge >= 0.3 is 0 Å². The number of anilines is 1. The molecule has 1 saturated carbocycles. The van der Waals surface area contributed by atoms with Gasteiger partial charge in [0, 0.05) is 28.7 Å². The minimum absolute atomic E-state index is 0.0858. The van der Waals surface area contributed by atoms with Crippen LogP contribution < -0.4 is 15.4 Å². The number of phenols is 1. The summed E-state index contributed by atoms with van der Waals surface area (Å²) in [6.07, 6.45) is 2.96. The molecule has 0 atom stereocenters. The van der Waals surface area contributed by atoms with Crippen LogP contribution in [0, 0.1) is 17.8 Å². The molecule has 0 spiro atoms. The van der Waals surface area contributed by atoms with Gasteiger partial charge < -0.3 is 20.5 Å².